The average molecular weight is 882 g/mol. The van der Waals surface area contributed by atoms with Crippen LogP contribution in [0, 0.1) is 22.7 Å². The van der Waals surface area contributed by atoms with E-state index in [0.29, 0.717) is 11.1 Å². The molecule has 0 radical (unpaired) electrons. The van der Waals surface area contributed by atoms with Gasteiger partial charge in [-0.2, -0.15) is 10.5 Å². The normalized spacial score (nSPS) is 10.1. The van der Waals surface area contributed by atoms with E-state index in [9.17, 15) is 0 Å². The maximum atomic E-state index is 9.14. The van der Waals surface area contributed by atoms with Crippen LogP contribution in [0.2, 0.25) is 0 Å². The number of nitrogens with zero attached hydrogens (tertiary/aromatic N) is 2. The molecule has 0 spiro atoms. The van der Waals surface area contributed by atoms with Gasteiger partial charge in [0.15, 0.2) is 0 Å². The molecule has 7 heteroatoms. The number of benzene rings is 4. The number of unbranched alkanes of at least 4 members (excludes halogenated alkanes) is 12. The molecule has 0 aliphatic carbocycles. The van der Waals surface area contributed by atoms with E-state index in [0.717, 1.165) is 46.4 Å². The Balaban J connectivity index is 0.000000294. The third-order valence-electron chi connectivity index (χ3n) is 8.23. The van der Waals surface area contributed by atoms with Crippen LogP contribution in [-0.4, -0.2) is 27.7 Å². The van der Waals surface area contributed by atoms with Crippen molar-refractivity contribution in [3.8, 4) is 45.9 Å². The smallest absolute Gasteiger partial charge is 0.119 e. The number of phenols is 1. The van der Waals surface area contributed by atoms with Crippen LogP contribution in [0.1, 0.15) is 101 Å². The fourth-order valence-electron chi connectivity index (χ4n) is 5.22. The highest BCUT2D eigenvalue weighted by molar-refractivity contribution is 9.09. The number of phenolic OH excluding ortho intramolecular Hbond substituents is 1. The molecule has 0 aromatic heterocycles. The van der Waals surface area contributed by atoms with Crippen molar-refractivity contribution >= 4 is 47.8 Å². The van der Waals surface area contributed by atoms with Crippen molar-refractivity contribution in [2.75, 3.05) is 22.6 Å². The second-order valence-electron chi connectivity index (χ2n) is 12.3. The number of halogens is 3. The van der Waals surface area contributed by atoms with Gasteiger partial charge in [0.05, 0.1) is 29.9 Å². The van der Waals surface area contributed by atoms with Crippen LogP contribution in [0.3, 0.4) is 0 Å². The molecular formula is C44H53Br3N2O2. The first-order chi connectivity index (χ1) is 25.0. The first kappa shape index (κ1) is 44.1. The Morgan fingerprint density at radius 1 is 0.412 bits per heavy atom. The molecule has 0 aliphatic rings. The van der Waals surface area contributed by atoms with Crippen LogP contribution in [0.4, 0.5) is 0 Å². The van der Waals surface area contributed by atoms with Crippen molar-refractivity contribution in [2.24, 2.45) is 0 Å². The zero-order chi connectivity index (χ0) is 36.8. The Bertz CT molecular complexity index is 1500. The van der Waals surface area contributed by atoms with Crippen LogP contribution < -0.4 is 4.74 Å². The van der Waals surface area contributed by atoms with Crippen LogP contribution in [0.25, 0.3) is 22.3 Å². The zero-order valence-electron chi connectivity index (χ0n) is 29.8. The van der Waals surface area contributed by atoms with E-state index in [2.05, 4.69) is 72.1 Å². The molecule has 0 bridgehead atoms. The van der Waals surface area contributed by atoms with Gasteiger partial charge < -0.3 is 9.84 Å². The molecule has 4 aromatic carbocycles. The summed E-state index contributed by atoms with van der Waals surface area (Å²) in [5.74, 6) is 1.18. The molecule has 272 valence electrons. The van der Waals surface area contributed by atoms with Gasteiger partial charge in [0.25, 0.3) is 0 Å². The van der Waals surface area contributed by atoms with Gasteiger partial charge in [0.1, 0.15) is 11.5 Å². The van der Waals surface area contributed by atoms with Crippen LogP contribution >= 0.6 is 47.8 Å². The molecule has 4 aromatic rings. The number of rotatable bonds is 20. The molecule has 1 N–H and O–H groups in total. The summed E-state index contributed by atoms with van der Waals surface area (Å²) in [6.07, 6.45) is 18.8. The van der Waals surface area contributed by atoms with Crippen LogP contribution in [0.5, 0.6) is 11.5 Å². The number of alkyl halides is 3. The van der Waals surface area contributed by atoms with Gasteiger partial charge in [0.2, 0.25) is 0 Å². The standard InChI is InChI=1S/C22H26BrNO.C13H9NO.C9H18Br2/c23-16-6-4-2-1-3-5-7-17-25-22-14-12-21(13-15-22)20-10-8-19(18-24)9-11-20;14-9-10-1-3-11(4-2-10)12-5-7-13(15)8-6-12;10-8-6-4-2-1-3-5-7-9-11/h8-15H,1-7,16-17H2;1-8,15H;1-9H2. The summed E-state index contributed by atoms with van der Waals surface area (Å²) in [7, 11) is 0. The molecule has 0 aliphatic heterocycles. The monoisotopic (exact) mass is 878 g/mol. The van der Waals surface area contributed by atoms with Gasteiger partial charge in [0, 0.05) is 16.0 Å². The van der Waals surface area contributed by atoms with E-state index in [1.807, 2.05) is 60.7 Å². The number of hydrogen-bond donors (Lipinski definition) is 1. The van der Waals surface area contributed by atoms with Gasteiger partial charge >= 0.3 is 0 Å². The molecule has 0 saturated heterocycles. The van der Waals surface area contributed by atoms with Crippen molar-refractivity contribution in [3.63, 3.8) is 0 Å². The molecule has 51 heavy (non-hydrogen) atoms. The van der Waals surface area contributed by atoms with Crippen molar-refractivity contribution in [1.29, 1.82) is 10.5 Å². The van der Waals surface area contributed by atoms with Gasteiger partial charge in [-0.05, 0) is 96.5 Å². The number of ether oxygens (including phenoxy) is 1. The Hall–Kier alpha value is -3.10. The third kappa shape index (κ3) is 20.5. The fraction of sp³-hybridized carbons (Fsp3) is 0.409. The summed E-state index contributed by atoms with van der Waals surface area (Å²) in [4.78, 5) is 0. The summed E-state index contributed by atoms with van der Waals surface area (Å²) in [6, 6.07) is 34.4. The second-order valence-corrected chi connectivity index (χ2v) is 14.7. The zero-order valence-corrected chi connectivity index (χ0v) is 34.6. The Morgan fingerprint density at radius 3 is 1.04 bits per heavy atom. The third-order valence-corrected chi connectivity index (χ3v) is 9.91. The maximum absolute atomic E-state index is 9.14. The van der Waals surface area contributed by atoms with E-state index in [4.69, 9.17) is 20.4 Å². The van der Waals surface area contributed by atoms with E-state index in [1.165, 1.54) is 94.1 Å². The van der Waals surface area contributed by atoms with Crippen molar-refractivity contribution < 1.29 is 9.84 Å². The minimum absolute atomic E-state index is 0.257. The lowest BCUT2D eigenvalue weighted by atomic mass is 10.0. The Kier molecular flexibility index (Phi) is 25.5. The Morgan fingerprint density at radius 2 is 0.706 bits per heavy atom. The minimum Gasteiger partial charge on any atom is -0.508 e. The summed E-state index contributed by atoms with van der Waals surface area (Å²) >= 11 is 10.3. The lowest BCUT2D eigenvalue weighted by Gasteiger charge is -2.08. The van der Waals surface area contributed by atoms with Crippen molar-refractivity contribution in [1.82, 2.24) is 0 Å². The van der Waals surface area contributed by atoms with E-state index in [1.54, 1.807) is 24.3 Å². The summed E-state index contributed by atoms with van der Waals surface area (Å²) in [5.41, 5.74) is 5.65. The van der Waals surface area contributed by atoms with Crippen molar-refractivity contribution in [3.05, 3.63) is 108 Å². The van der Waals surface area contributed by atoms with Gasteiger partial charge in [-0.1, -0.05) is 161 Å². The van der Waals surface area contributed by atoms with Crippen LogP contribution in [-0.2, 0) is 0 Å². The predicted molar refractivity (Wildman–Crippen MR) is 226 cm³/mol. The minimum atomic E-state index is 0.257. The van der Waals surface area contributed by atoms with Crippen LogP contribution in [0.15, 0.2) is 97.1 Å². The molecule has 4 nitrogen and oxygen atoms in total. The molecule has 0 fully saturated rings. The average Bonchev–Trinajstić information content (AvgIpc) is 3.18. The summed E-state index contributed by atoms with van der Waals surface area (Å²) in [6.45, 7) is 0.789. The lowest BCUT2D eigenvalue weighted by molar-refractivity contribution is 0.304. The Labute approximate surface area is 332 Å². The summed E-state index contributed by atoms with van der Waals surface area (Å²) < 4.78 is 5.83. The van der Waals surface area contributed by atoms with E-state index < -0.39 is 0 Å². The lowest BCUT2D eigenvalue weighted by Crippen LogP contribution is -1.97. The fourth-order valence-corrected chi connectivity index (χ4v) is 6.40. The first-order valence-corrected chi connectivity index (χ1v) is 21.6. The highest BCUT2D eigenvalue weighted by Gasteiger charge is 2.01. The first-order valence-electron chi connectivity index (χ1n) is 18.3. The largest absolute Gasteiger partial charge is 0.508 e. The SMILES string of the molecule is BrCCCCCCCCCBr.N#Cc1ccc(-c2ccc(O)cc2)cc1.N#Cc1ccc(-c2ccc(OCCCCCCCCCBr)cc2)cc1. The topological polar surface area (TPSA) is 77.0 Å². The molecule has 0 saturated carbocycles. The predicted octanol–water partition coefficient (Wildman–Crippen LogP) is 14.2. The van der Waals surface area contributed by atoms with Crippen molar-refractivity contribution in [2.45, 2.75) is 89.9 Å². The molecule has 0 heterocycles. The highest BCUT2D eigenvalue weighted by atomic mass is 79.9. The number of nitriles is 2. The maximum Gasteiger partial charge on any atom is 0.119 e. The molecular weight excluding hydrogens is 828 g/mol. The van der Waals surface area contributed by atoms with Gasteiger partial charge in [-0.15, -0.1) is 0 Å². The highest BCUT2D eigenvalue weighted by Crippen LogP contribution is 2.24. The molecule has 4 rings (SSSR count). The summed E-state index contributed by atoms with van der Waals surface area (Å²) in [5, 5.41) is 30.1. The quantitative estimate of drug-likeness (QED) is 0.0709. The number of hydrogen-bond acceptors (Lipinski definition) is 4. The molecule has 0 unspecified atom stereocenters. The number of aromatic hydroxyl groups is 1. The molecule has 0 atom stereocenters. The van der Waals surface area contributed by atoms with Gasteiger partial charge in [-0.3, -0.25) is 0 Å². The van der Waals surface area contributed by atoms with E-state index in [-0.39, 0.29) is 5.75 Å². The second kappa shape index (κ2) is 29.5. The molecule has 0 amide bonds. The van der Waals surface area contributed by atoms with E-state index >= 15 is 0 Å². The van der Waals surface area contributed by atoms with Gasteiger partial charge in [-0.25, -0.2) is 0 Å².